The lowest BCUT2D eigenvalue weighted by atomic mass is 10.3. The average molecular weight is 249 g/mol. The van der Waals surface area contributed by atoms with Gasteiger partial charge in [-0.3, -0.25) is 0 Å². The molecule has 1 heterocycles. The maximum absolute atomic E-state index is 10.4. The van der Waals surface area contributed by atoms with Gasteiger partial charge in [0.2, 0.25) is 4.60 Å². The second kappa shape index (κ2) is 4.31. The molecule has 0 unspecified atom stereocenters. The summed E-state index contributed by atoms with van der Waals surface area (Å²) in [5.74, 6) is -0.226. The molecule has 0 aliphatic carbocycles. The second-order valence-corrected chi connectivity index (χ2v) is 3.29. The molecule has 72 valence electrons. The molecule has 13 heavy (non-hydrogen) atoms. The Hall–Kier alpha value is -0.980. The van der Waals surface area contributed by atoms with Gasteiger partial charge in [-0.05, 0) is 27.3 Å². The Morgan fingerprint density at radius 1 is 1.69 bits per heavy atom. The van der Waals surface area contributed by atoms with E-state index in [9.17, 15) is 10.1 Å². The molecule has 6 nitrogen and oxygen atoms in total. The fourth-order valence-corrected chi connectivity index (χ4v) is 1.33. The molecule has 0 fully saturated rings. The van der Waals surface area contributed by atoms with Crippen LogP contribution >= 0.6 is 15.9 Å². The fraction of sp³-hybridized carbons (Fsp3) is 0.667. The molecule has 7 heteroatoms. The van der Waals surface area contributed by atoms with Gasteiger partial charge in [-0.2, -0.15) is 0 Å². The minimum atomic E-state index is -0.556. The third-order valence-corrected chi connectivity index (χ3v) is 2.32. The number of aromatic nitrogens is 3. The maximum atomic E-state index is 10.4. The van der Waals surface area contributed by atoms with Crippen LogP contribution in [0.1, 0.15) is 19.8 Å². The number of hydrogen-bond donors (Lipinski definition) is 0. The molecule has 0 N–H and O–H groups in total. The van der Waals surface area contributed by atoms with Gasteiger partial charge in [0.05, 0.1) is 5.21 Å². The van der Waals surface area contributed by atoms with E-state index < -0.39 is 4.92 Å². The van der Waals surface area contributed by atoms with Crippen LogP contribution in [0.3, 0.4) is 0 Å². The van der Waals surface area contributed by atoms with E-state index in [1.165, 1.54) is 4.68 Å². The highest BCUT2D eigenvalue weighted by Crippen LogP contribution is 2.20. The first-order chi connectivity index (χ1) is 6.16. The number of unbranched alkanes of at least 4 members (excludes halogenated alkanes) is 1. The molecule has 1 aromatic rings. The van der Waals surface area contributed by atoms with E-state index in [1.54, 1.807) is 0 Å². The zero-order valence-corrected chi connectivity index (χ0v) is 8.69. The van der Waals surface area contributed by atoms with E-state index in [0.29, 0.717) is 11.1 Å². The number of halogens is 1. The molecule has 1 rings (SSSR count). The average Bonchev–Trinajstić information content (AvgIpc) is 2.43. The molecular weight excluding hydrogens is 240 g/mol. The van der Waals surface area contributed by atoms with Crippen molar-refractivity contribution < 1.29 is 4.92 Å². The van der Waals surface area contributed by atoms with Crippen molar-refractivity contribution >= 4 is 21.7 Å². The topological polar surface area (TPSA) is 73.8 Å². The van der Waals surface area contributed by atoms with Crippen molar-refractivity contribution in [1.82, 2.24) is 15.0 Å². The molecule has 0 aromatic carbocycles. The first-order valence-corrected chi connectivity index (χ1v) is 4.69. The smallest absolute Gasteiger partial charge is 0.358 e. The molecule has 1 aromatic heterocycles. The highest BCUT2D eigenvalue weighted by Gasteiger charge is 2.20. The van der Waals surface area contributed by atoms with Crippen LogP contribution in [0.25, 0.3) is 0 Å². The van der Waals surface area contributed by atoms with Crippen molar-refractivity contribution in [2.45, 2.75) is 26.3 Å². The summed E-state index contributed by atoms with van der Waals surface area (Å²) in [6, 6.07) is 0. The van der Waals surface area contributed by atoms with E-state index in [1.807, 2.05) is 6.92 Å². The standard InChI is InChI=1S/C6H9BrN4O2/c1-2-3-4-10-5(7)6(8-9-10)11(12)13/h2-4H2,1H3. The van der Waals surface area contributed by atoms with Crippen LogP contribution in [0.2, 0.25) is 0 Å². The van der Waals surface area contributed by atoms with E-state index in [0.717, 1.165) is 12.8 Å². The minimum Gasteiger partial charge on any atom is -0.358 e. The number of rotatable bonds is 4. The summed E-state index contributed by atoms with van der Waals surface area (Å²) in [6.45, 7) is 2.69. The quantitative estimate of drug-likeness (QED) is 0.601. The van der Waals surface area contributed by atoms with Gasteiger partial charge in [0.25, 0.3) is 0 Å². The first-order valence-electron chi connectivity index (χ1n) is 3.90. The summed E-state index contributed by atoms with van der Waals surface area (Å²) in [5, 5.41) is 17.5. The van der Waals surface area contributed by atoms with Gasteiger partial charge in [-0.15, -0.1) is 0 Å². The molecule has 0 radical (unpaired) electrons. The van der Waals surface area contributed by atoms with Gasteiger partial charge < -0.3 is 10.1 Å². The lowest BCUT2D eigenvalue weighted by Crippen LogP contribution is -2.00. The lowest BCUT2D eigenvalue weighted by molar-refractivity contribution is -0.390. The van der Waals surface area contributed by atoms with Crippen molar-refractivity contribution in [3.05, 3.63) is 14.7 Å². The summed E-state index contributed by atoms with van der Waals surface area (Å²) in [6.07, 6.45) is 1.94. The van der Waals surface area contributed by atoms with Crippen molar-refractivity contribution in [2.24, 2.45) is 0 Å². The first kappa shape index (κ1) is 10.1. The molecule has 0 aliphatic heterocycles. The molecular formula is C6H9BrN4O2. The number of aryl methyl sites for hydroxylation is 1. The van der Waals surface area contributed by atoms with Gasteiger partial charge in [0.1, 0.15) is 5.10 Å². The Morgan fingerprint density at radius 2 is 2.38 bits per heavy atom. The molecule has 0 atom stereocenters. The van der Waals surface area contributed by atoms with Crippen LogP contribution in [0.15, 0.2) is 4.60 Å². The van der Waals surface area contributed by atoms with Crippen LogP contribution in [0.5, 0.6) is 0 Å². The van der Waals surface area contributed by atoms with Gasteiger partial charge in [-0.25, -0.2) is 4.68 Å². The predicted molar refractivity (Wildman–Crippen MR) is 49.3 cm³/mol. The maximum Gasteiger partial charge on any atom is 0.425 e. The van der Waals surface area contributed by atoms with E-state index in [2.05, 4.69) is 26.2 Å². The summed E-state index contributed by atoms with van der Waals surface area (Å²) in [7, 11) is 0. The van der Waals surface area contributed by atoms with Crippen LogP contribution in [0.4, 0.5) is 5.82 Å². The molecule has 0 bridgehead atoms. The van der Waals surface area contributed by atoms with Gasteiger partial charge >= 0.3 is 5.82 Å². The molecule has 0 amide bonds. The zero-order valence-electron chi connectivity index (χ0n) is 7.10. The third-order valence-electron chi connectivity index (χ3n) is 1.55. The van der Waals surface area contributed by atoms with Crippen molar-refractivity contribution in [2.75, 3.05) is 0 Å². The Balaban J connectivity index is 2.80. The second-order valence-electron chi connectivity index (χ2n) is 2.54. The molecule has 0 aliphatic rings. The summed E-state index contributed by atoms with van der Waals surface area (Å²) < 4.78 is 1.83. The van der Waals surface area contributed by atoms with Gasteiger partial charge in [0.15, 0.2) is 0 Å². The predicted octanol–water partition coefficient (Wildman–Crippen LogP) is 1.75. The third kappa shape index (κ3) is 2.24. The molecule has 0 saturated heterocycles. The lowest BCUT2D eigenvalue weighted by Gasteiger charge is -1.96. The highest BCUT2D eigenvalue weighted by atomic mass is 79.9. The minimum absolute atomic E-state index is 0.226. The highest BCUT2D eigenvalue weighted by molar-refractivity contribution is 9.10. The number of nitro groups is 1. The van der Waals surface area contributed by atoms with Crippen molar-refractivity contribution in [3.63, 3.8) is 0 Å². The van der Waals surface area contributed by atoms with Crippen molar-refractivity contribution in [3.8, 4) is 0 Å². The summed E-state index contributed by atoms with van der Waals surface area (Å²) in [4.78, 5) is 9.81. The van der Waals surface area contributed by atoms with Crippen LogP contribution < -0.4 is 0 Å². The van der Waals surface area contributed by atoms with Gasteiger partial charge in [-0.1, -0.05) is 13.3 Å². The fourth-order valence-electron chi connectivity index (χ4n) is 0.855. The van der Waals surface area contributed by atoms with E-state index in [4.69, 9.17) is 0 Å². The van der Waals surface area contributed by atoms with E-state index in [-0.39, 0.29) is 5.82 Å². The van der Waals surface area contributed by atoms with Crippen LogP contribution in [0, 0.1) is 10.1 Å². The zero-order chi connectivity index (χ0) is 9.84. The van der Waals surface area contributed by atoms with Gasteiger partial charge in [0, 0.05) is 6.54 Å². The monoisotopic (exact) mass is 248 g/mol. The van der Waals surface area contributed by atoms with E-state index >= 15 is 0 Å². The normalized spacial score (nSPS) is 10.3. The molecule has 0 saturated carbocycles. The summed E-state index contributed by atoms with van der Waals surface area (Å²) in [5.41, 5.74) is 0. The summed E-state index contributed by atoms with van der Waals surface area (Å²) >= 11 is 3.08. The Kier molecular flexibility index (Phi) is 3.35. The van der Waals surface area contributed by atoms with Crippen LogP contribution in [-0.4, -0.2) is 19.9 Å². The SMILES string of the molecule is CCCCn1nnc([N+](=O)[O-])c1Br. The Bertz CT molecular complexity index is 312. The largest absolute Gasteiger partial charge is 0.425 e. The van der Waals surface area contributed by atoms with Crippen LogP contribution in [-0.2, 0) is 6.54 Å². The van der Waals surface area contributed by atoms with Crippen molar-refractivity contribution in [1.29, 1.82) is 0 Å². The Morgan fingerprint density at radius 3 is 2.85 bits per heavy atom. The molecule has 0 spiro atoms. The number of hydrogen-bond acceptors (Lipinski definition) is 4. The Labute approximate surface area is 83.2 Å². The number of nitrogens with zero attached hydrogens (tertiary/aromatic N) is 4.